The van der Waals surface area contributed by atoms with Crippen molar-refractivity contribution in [2.24, 2.45) is 0 Å². The van der Waals surface area contributed by atoms with E-state index in [2.05, 4.69) is 9.72 Å². The van der Waals surface area contributed by atoms with Crippen molar-refractivity contribution in [3.8, 4) is 0 Å². The van der Waals surface area contributed by atoms with Crippen LogP contribution in [0.1, 0.15) is 5.56 Å². The average molecular weight is 174 g/mol. The number of anilines is 1. The van der Waals surface area contributed by atoms with Crippen molar-refractivity contribution in [2.75, 3.05) is 12.8 Å². The maximum atomic E-state index is 12.8. The summed E-state index contributed by atoms with van der Waals surface area (Å²) in [5.41, 5.74) is 4.92. The van der Waals surface area contributed by atoms with E-state index in [0.717, 1.165) is 19.2 Å². The summed E-state index contributed by atoms with van der Waals surface area (Å²) >= 11 is 0. The van der Waals surface area contributed by atoms with Crippen molar-refractivity contribution in [2.45, 2.75) is 6.11 Å². The second-order valence-electron chi connectivity index (χ2n) is 2.19. The fourth-order valence-electron chi connectivity index (χ4n) is 0.747. The molecule has 66 valence electrons. The number of hydrogen-bond acceptors (Lipinski definition) is 3. The summed E-state index contributed by atoms with van der Waals surface area (Å²) in [5, 5.41) is 0. The maximum absolute atomic E-state index is 12.8. The van der Waals surface area contributed by atoms with Crippen molar-refractivity contribution < 1.29 is 13.5 Å². The molecule has 0 aliphatic carbocycles. The van der Waals surface area contributed by atoms with E-state index in [0.29, 0.717) is 0 Å². The van der Waals surface area contributed by atoms with Crippen LogP contribution in [0.3, 0.4) is 0 Å². The molecule has 0 radical (unpaired) electrons. The highest BCUT2D eigenvalue weighted by molar-refractivity contribution is 5.33. The van der Waals surface area contributed by atoms with E-state index in [4.69, 9.17) is 5.73 Å². The number of hydrogen-bond donors (Lipinski definition) is 1. The molecule has 0 aliphatic heterocycles. The zero-order valence-electron chi connectivity index (χ0n) is 6.42. The number of aromatic nitrogens is 1. The van der Waals surface area contributed by atoms with Crippen LogP contribution in [0, 0.1) is 0 Å². The molecule has 1 heterocycles. The van der Waals surface area contributed by atoms with E-state index in [1.807, 2.05) is 0 Å². The van der Waals surface area contributed by atoms with E-state index < -0.39 is 6.11 Å². The van der Waals surface area contributed by atoms with Gasteiger partial charge in [-0.05, 0) is 12.1 Å². The van der Waals surface area contributed by atoms with Gasteiger partial charge in [-0.25, -0.2) is 4.98 Å². The second kappa shape index (κ2) is 3.02. The Labute approximate surface area is 68.2 Å². The van der Waals surface area contributed by atoms with Gasteiger partial charge in [0, 0.05) is 13.3 Å². The zero-order chi connectivity index (χ0) is 9.19. The summed E-state index contributed by atoms with van der Waals surface area (Å²) in [6.45, 7) is 0. The van der Waals surface area contributed by atoms with Crippen LogP contribution in [0.5, 0.6) is 0 Å². The molecule has 0 saturated heterocycles. The molecule has 1 aromatic heterocycles. The molecule has 5 heteroatoms. The predicted molar refractivity (Wildman–Crippen MR) is 39.6 cm³/mol. The number of alkyl halides is 2. The Bertz CT molecular complexity index is 278. The highest BCUT2D eigenvalue weighted by Gasteiger charge is 2.31. The quantitative estimate of drug-likeness (QED) is 0.736. The van der Waals surface area contributed by atoms with Gasteiger partial charge in [-0.1, -0.05) is 0 Å². The Hall–Kier alpha value is -1.23. The van der Waals surface area contributed by atoms with Gasteiger partial charge < -0.3 is 10.5 Å². The summed E-state index contributed by atoms with van der Waals surface area (Å²) in [6, 6.07) is 2.23. The van der Waals surface area contributed by atoms with Crippen LogP contribution in [0.25, 0.3) is 0 Å². The number of ether oxygens (including phenoxy) is 1. The molecule has 0 amide bonds. The molecule has 0 atom stereocenters. The number of nitrogen functional groups attached to an aromatic ring is 1. The van der Waals surface area contributed by atoms with Crippen LogP contribution in [0.2, 0.25) is 0 Å². The summed E-state index contributed by atoms with van der Waals surface area (Å²) in [7, 11) is 0.927. The molecule has 0 saturated carbocycles. The molecular formula is C7H8F2N2O. The first-order chi connectivity index (χ1) is 5.56. The third kappa shape index (κ3) is 1.68. The van der Waals surface area contributed by atoms with Crippen LogP contribution in [0.15, 0.2) is 18.3 Å². The molecule has 0 spiro atoms. The number of nitrogens with two attached hydrogens (primary N) is 1. The van der Waals surface area contributed by atoms with Crippen LogP contribution in [-0.2, 0) is 10.8 Å². The summed E-state index contributed by atoms with van der Waals surface area (Å²) in [4.78, 5) is 3.58. The molecule has 0 bridgehead atoms. The minimum absolute atomic E-state index is 0.0456. The monoisotopic (exact) mass is 174 g/mol. The summed E-state index contributed by atoms with van der Waals surface area (Å²) in [5.74, 6) is 0.0456. The van der Waals surface area contributed by atoms with Gasteiger partial charge >= 0.3 is 6.11 Å². The van der Waals surface area contributed by atoms with E-state index in [9.17, 15) is 8.78 Å². The van der Waals surface area contributed by atoms with Crippen LogP contribution in [-0.4, -0.2) is 12.1 Å². The van der Waals surface area contributed by atoms with Crippen molar-refractivity contribution in [3.63, 3.8) is 0 Å². The van der Waals surface area contributed by atoms with E-state index >= 15 is 0 Å². The largest absolute Gasteiger partial charge is 0.384 e. The lowest BCUT2D eigenvalue weighted by molar-refractivity contribution is -0.231. The van der Waals surface area contributed by atoms with Gasteiger partial charge in [0.15, 0.2) is 0 Å². The summed E-state index contributed by atoms with van der Waals surface area (Å²) in [6.07, 6.45) is -2.09. The highest BCUT2D eigenvalue weighted by atomic mass is 19.3. The fourth-order valence-corrected chi connectivity index (χ4v) is 0.747. The first-order valence-corrected chi connectivity index (χ1v) is 3.21. The molecule has 3 nitrogen and oxygen atoms in total. The Morgan fingerprint density at radius 3 is 2.75 bits per heavy atom. The molecule has 0 aliphatic rings. The highest BCUT2D eigenvalue weighted by Crippen LogP contribution is 2.28. The molecule has 0 unspecified atom stereocenters. The first-order valence-electron chi connectivity index (χ1n) is 3.21. The summed E-state index contributed by atoms with van der Waals surface area (Å²) < 4.78 is 29.5. The number of rotatable bonds is 2. The van der Waals surface area contributed by atoms with E-state index in [1.54, 1.807) is 0 Å². The molecule has 0 aromatic carbocycles. The van der Waals surface area contributed by atoms with Gasteiger partial charge in [0.1, 0.15) is 5.82 Å². The third-order valence-corrected chi connectivity index (χ3v) is 1.37. The standard InChI is InChI=1S/C7H8F2N2O/c1-12-7(8,9)5-2-3-11-6(10)4-5/h2-4H,1H3,(H2,10,11). The smallest absolute Gasteiger partial charge is 0.383 e. The lowest BCUT2D eigenvalue weighted by atomic mass is 10.2. The minimum atomic E-state index is -3.29. The van der Waals surface area contributed by atoms with Gasteiger partial charge in [-0.3, -0.25) is 0 Å². The number of nitrogens with zero attached hydrogens (tertiary/aromatic N) is 1. The Morgan fingerprint density at radius 2 is 2.25 bits per heavy atom. The molecule has 1 rings (SSSR count). The van der Waals surface area contributed by atoms with Crippen molar-refractivity contribution >= 4 is 5.82 Å². The van der Waals surface area contributed by atoms with E-state index in [1.165, 1.54) is 6.20 Å². The van der Waals surface area contributed by atoms with Crippen LogP contribution >= 0.6 is 0 Å². The molecule has 1 aromatic rings. The maximum Gasteiger partial charge on any atom is 0.383 e. The Morgan fingerprint density at radius 1 is 1.58 bits per heavy atom. The van der Waals surface area contributed by atoms with Gasteiger partial charge in [0.2, 0.25) is 0 Å². The molecule has 0 fully saturated rings. The van der Waals surface area contributed by atoms with Crippen LogP contribution < -0.4 is 5.73 Å². The van der Waals surface area contributed by atoms with Crippen LogP contribution in [0.4, 0.5) is 14.6 Å². The number of halogens is 2. The Balaban J connectivity index is 3.03. The number of pyridine rings is 1. The van der Waals surface area contributed by atoms with Crippen molar-refractivity contribution in [1.82, 2.24) is 4.98 Å². The topological polar surface area (TPSA) is 48.1 Å². The van der Waals surface area contributed by atoms with Gasteiger partial charge in [-0.2, -0.15) is 8.78 Å². The van der Waals surface area contributed by atoms with Crippen molar-refractivity contribution in [3.05, 3.63) is 23.9 Å². The Kier molecular flexibility index (Phi) is 2.23. The average Bonchev–Trinajstić information content (AvgIpc) is 2.05. The molecule has 12 heavy (non-hydrogen) atoms. The lowest BCUT2D eigenvalue weighted by Crippen LogP contribution is -2.15. The van der Waals surface area contributed by atoms with E-state index in [-0.39, 0.29) is 11.4 Å². The lowest BCUT2D eigenvalue weighted by Gasteiger charge is -2.13. The van der Waals surface area contributed by atoms with Gasteiger partial charge in [0.25, 0.3) is 0 Å². The van der Waals surface area contributed by atoms with Gasteiger partial charge in [-0.15, -0.1) is 0 Å². The first kappa shape index (κ1) is 8.86. The number of methoxy groups -OCH3 is 1. The zero-order valence-corrected chi connectivity index (χ0v) is 6.42. The second-order valence-corrected chi connectivity index (χ2v) is 2.19. The van der Waals surface area contributed by atoms with Gasteiger partial charge in [0.05, 0.1) is 5.56 Å². The van der Waals surface area contributed by atoms with Crippen molar-refractivity contribution in [1.29, 1.82) is 0 Å². The minimum Gasteiger partial charge on any atom is -0.384 e. The fraction of sp³-hybridized carbons (Fsp3) is 0.286. The molecule has 2 N–H and O–H groups in total. The SMILES string of the molecule is COC(F)(F)c1ccnc(N)c1. The third-order valence-electron chi connectivity index (χ3n) is 1.37. The molecular weight excluding hydrogens is 166 g/mol. The predicted octanol–water partition coefficient (Wildman–Crippen LogP) is 1.36. The normalized spacial score (nSPS) is 11.6.